The second kappa shape index (κ2) is 8.65. The number of rotatable bonds is 7. The van der Waals surface area contributed by atoms with Gasteiger partial charge in [0.15, 0.2) is 0 Å². The Hall–Kier alpha value is -1.91. The van der Waals surface area contributed by atoms with Crippen LogP contribution in [-0.4, -0.2) is 17.6 Å². The summed E-state index contributed by atoms with van der Waals surface area (Å²) >= 11 is 5.82. The molecule has 0 fully saturated rings. The average Bonchev–Trinajstić information content (AvgIpc) is 2.53. The van der Waals surface area contributed by atoms with E-state index in [0.717, 1.165) is 18.4 Å². The van der Waals surface area contributed by atoms with Crippen LogP contribution in [0.3, 0.4) is 0 Å². The van der Waals surface area contributed by atoms with Crippen LogP contribution < -0.4 is 5.32 Å². The molecule has 122 valence electrons. The zero-order valence-corrected chi connectivity index (χ0v) is 13.4. The van der Waals surface area contributed by atoms with Crippen LogP contribution in [0.1, 0.15) is 30.1 Å². The Bertz CT molecular complexity index is 646. The van der Waals surface area contributed by atoms with Crippen molar-refractivity contribution in [1.82, 2.24) is 5.32 Å². The predicted molar refractivity (Wildman–Crippen MR) is 88.8 cm³/mol. The van der Waals surface area contributed by atoms with E-state index >= 15 is 0 Å². The summed E-state index contributed by atoms with van der Waals surface area (Å²) in [7, 11) is 0. The number of aryl methyl sites for hydroxylation is 1. The Morgan fingerprint density at radius 3 is 2.65 bits per heavy atom. The molecular formula is C18H19ClFNO2. The first-order valence-corrected chi connectivity index (χ1v) is 7.87. The van der Waals surface area contributed by atoms with E-state index in [-0.39, 0.29) is 12.3 Å². The van der Waals surface area contributed by atoms with Crippen LogP contribution in [0.15, 0.2) is 48.5 Å². The molecule has 1 atom stereocenters. The lowest BCUT2D eigenvalue weighted by Gasteiger charge is -2.11. The number of amides is 1. The number of benzene rings is 2. The Morgan fingerprint density at radius 2 is 1.96 bits per heavy atom. The molecule has 0 saturated carbocycles. The molecule has 0 saturated heterocycles. The normalized spacial score (nSPS) is 12.0. The summed E-state index contributed by atoms with van der Waals surface area (Å²) in [5.74, 6) is -0.678. The molecule has 0 aromatic heterocycles. The summed E-state index contributed by atoms with van der Waals surface area (Å²) in [4.78, 5) is 11.8. The van der Waals surface area contributed by atoms with Crippen molar-refractivity contribution in [2.75, 3.05) is 6.54 Å². The minimum absolute atomic E-state index is 0.0790. The van der Waals surface area contributed by atoms with Gasteiger partial charge in [-0.15, -0.1) is 0 Å². The fourth-order valence-corrected chi connectivity index (χ4v) is 2.38. The predicted octanol–water partition coefficient (Wildman–Crippen LogP) is 3.65. The lowest BCUT2D eigenvalue weighted by Crippen LogP contribution is -2.26. The maximum Gasteiger partial charge on any atom is 0.222 e. The topological polar surface area (TPSA) is 49.3 Å². The molecule has 2 rings (SSSR count). The highest BCUT2D eigenvalue weighted by Gasteiger charge is 2.13. The standard InChI is InChI=1S/C18H19ClFNO2/c19-15-8-6-13(7-9-15)3-2-10-21-18(23)12-17(22)14-4-1-5-16(20)11-14/h1,4-9,11,17,22H,2-3,10,12H2,(H,21,23). The quantitative estimate of drug-likeness (QED) is 0.759. The van der Waals surface area contributed by atoms with E-state index in [9.17, 15) is 14.3 Å². The van der Waals surface area contributed by atoms with Crippen molar-refractivity contribution in [1.29, 1.82) is 0 Å². The largest absolute Gasteiger partial charge is 0.388 e. The highest BCUT2D eigenvalue weighted by molar-refractivity contribution is 6.30. The lowest BCUT2D eigenvalue weighted by atomic mass is 10.1. The molecule has 0 aliphatic heterocycles. The first-order valence-electron chi connectivity index (χ1n) is 7.49. The number of aliphatic hydroxyl groups excluding tert-OH is 1. The van der Waals surface area contributed by atoms with Gasteiger partial charge in [0.1, 0.15) is 5.82 Å². The molecule has 3 nitrogen and oxygen atoms in total. The molecule has 2 aromatic rings. The van der Waals surface area contributed by atoms with E-state index in [1.54, 1.807) is 6.07 Å². The Labute approximate surface area is 140 Å². The third-order valence-corrected chi connectivity index (χ3v) is 3.74. The van der Waals surface area contributed by atoms with Gasteiger partial charge in [0.05, 0.1) is 12.5 Å². The van der Waals surface area contributed by atoms with E-state index in [0.29, 0.717) is 17.1 Å². The van der Waals surface area contributed by atoms with Gasteiger partial charge in [-0.2, -0.15) is 0 Å². The Kier molecular flexibility index (Phi) is 6.56. The number of nitrogens with one attached hydrogen (secondary N) is 1. The monoisotopic (exact) mass is 335 g/mol. The van der Waals surface area contributed by atoms with Gasteiger partial charge in [-0.1, -0.05) is 35.9 Å². The van der Waals surface area contributed by atoms with Crippen LogP contribution in [0.4, 0.5) is 4.39 Å². The van der Waals surface area contributed by atoms with E-state index in [4.69, 9.17) is 11.6 Å². The molecule has 1 amide bonds. The molecule has 5 heteroatoms. The van der Waals surface area contributed by atoms with E-state index in [1.807, 2.05) is 24.3 Å². The smallest absolute Gasteiger partial charge is 0.222 e. The highest BCUT2D eigenvalue weighted by Crippen LogP contribution is 2.17. The second-order valence-electron chi connectivity index (χ2n) is 5.35. The summed E-state index contributed by atoms with van der Waals surface area (Å²) in [5, 5.41) is 13.4. The fourth-order valence-electron chi connectivity index (χ4n) is 2.25. The summed E-state index contributed by atoms with van der Waals surface area (Å²) in [6.07, 6.45) is 0.555. The molecule has 0 aliphatic rings. The van der Waals surface area contributed by atoms with Gasteiger partial charge in [0, 0.05) is 11.6 Å². The minimum atomic E-state index is -0.998. The number of hydrogen-bond donors (Lipinski definition) is 2. The maximum absolute atomic E-state index is 13.1. The van der Waals surface area contributed by atoms with Crippen LogP contribution in [-0.2, 0) is 11.2 Å². The number of carbonyl (C=O) groups is 1. The van der Waals surface area contributed by atoms with Gasteiger partial charge in [0.2, 0.25) is 5.91 Å². The van der Waals surface area contributed by atoms with E-state index in [1.165, 1.54) is 18.2 Å². The Balaban J connectivity index is 1.69. The van der Waals surface area contributed by atoms with E-state index < -0.39 is 11.9 Å². The second-order valence-corrected chi connectivity index (χ2v) is 5.79. The molecule has 0 spiro atoms. The average molecular weight is 336 g/mol. The van der Waals surface area contributed by atoms with Gasteiger partial charge in [0.25, 0.3) is 0 Å². The van der Waals surface area contributed by atoms with Crippen LogP contribution in [0.25, 0.3) is 0 Å². The zero-order chi connectivity index (χ0) is 16.7. The zero-order valence-electron chi connectivity index (χ0n) is 12.6. The molecule has 23 heavy (non-hydrogen) atoms. The van der Waals surface area contributed by atoms with Crippen molar-refractivity contribution in [3.63, 3.8) is 0 Å². The van der Waals surface area contributed by atoms with Crippen molar-refractivity contribution in [3.8, 4) is 0 Å². The first kappa shape index (κ1) is 17.4. The molecule has 0 aliphatic carbocycles. The highest BCUT2D eigenvalue weighted by atomic mass is 35.5. The summed E-state index contributed by atoms with van der Waals surface area (Å²) in [6.45, 7) is 0.525. The lowest BCUT2D eigenvalue weighted by molar-refractivity contribution is -0.123. The van der Waals surface area contributed by atoms with Gasteiger partial charge in [-0.3, -0.25) is 4.79 Å². The van der Waals surface area contributed by atoms with Crippen molar-refractivity contribution in [2.45, 2.75) is 25.4 Å². The molecule has 0 bridgehead atoms. The number of hydrogen-bond acceptors (Lipinski definition) is 2. The van der Waals surface area contributed by atoms with Crippen LogP contribution in [0.5, 0.6) is 0 Å². The van der Waals surface area contributed by atoms with E-state index in [2.05, 4.69) is 5.32 Å². The Morgan fingerprint density at radius 1 is 1.22 bits per heavy atom. The van der Waals surface area contributed by atoms with Gasteiger partial charge in [-0.25, -0.2) is 4.39 Å². The van der Waals surface area contributed by atoms with Crippen molar-refractivity contribution in [2.24, 2.45) is 0 Å². The maximum atomic E-state index is 13.1. The number of aliphatic hydroxyl groups is 1. The molecular weight excluding hydrogens is 317 g/mol. The minimum Gasteiger partial charge on any atom is -0.388 e. The SMILES string of the molecule is O=C(CC(O)c1cccc(F)c1)NCCCc1ccc(Cl)cc1. The van der Waals surface area contributed by atoms with Crippen molar-refractivity contribution < 1.29 is 14.3 Å². The van der Waals surface area contributed by atoms with Crippen molar-refractivity contribution in [3.05, 3.63) is 70.5 Å². The van der Waals surface area contributed by atoms with Gasteiger partial charge >= 0.3 is 0 Å². The first-order chi connectivity index (χ1) is 11.0. The van der Waals surface area contributed by atoms with Crippen LogP contribution in [0, 0.1) is 5.82 Å². The molecule has 1 unspecified atom stereocenters. The van der Waals surface area contributed by atoms with Crippen LogP contribution in [0.2, 0.25) is 5.02 Å². The number of halogens is 2. The summed E-state index contributed by atoms with van der Waals surface area (Å²) in [5.41, 5.74) is 1.56. The molecule has 2 aromatic carbocycles. The fraction of sp³-hybridized carbons (Fsp3) is 0.278. The van der Waals surface area contributed by atoms with Gasteiger partial charge < -0.3 is 10.4 Å². The van der Waals surface area contributed by atoms with Crippen LogP contribution >= 0.6 is 11.6 Å². The van der Waals surface area contributed by atoms with Gasteiger partial charge in [-0.05, 0) is 48.2 Å². The number of carbonyl (C=O) groups excluding carboxylic acids is 1. The summed E-state index contributed by atoms with van der Waals surface area (Å²) < 4.78 is 13.1. The third-order valence-electron chi connectivity index (χ3n) is 3.49. The summed E-state index contributed by atoms with van der Waals surface area (Å²) in [6, 6.07) is 13.2. The molecule has 0 heterocycles. The van der Waals surface area contributed by atoms with Crippen molar-refractivity contribution >= 4 is 17.5 Å². The molecule has 0 radical (unpaired) electrons. The third kappa shape index (κ3) is 6.00. The molecule has 2 N–H and O–H groups in total.